The van der Waals surface area contributed by atoms with Gasteiger partial charge in [-0.25, -0.2) is 0 Å². The number of nitrogens with zero attached hydrogens (tertiary/aromatic N) is 2. The maximum Gasteiger partial charge on any atom is 0.236 e. The number of carbonyl (C=O) groups excluding carboxylic acids is 1. The van der Waals surface area contributed by atoms with E-state index in [1.54, 1.807) is 13.3 Å². The van der Waals surface area contributed by atoms with Crippen molar-refractivity contribution in [3.8, 4) is 11.5 Å². The third-order valence-electron chi connectivity index (χ3n) is 3.38. The van der Waals surface area contributed by atoms with Gasteiger partial charge in [-0.05, 0) is 29.8 Å². The molecule has 1 fully saturated rings. The van der Waals surface area contributed by atoms with Crippen molar-refractivity contribution in [1.82, 2.24) is 5.32 Å². The van der Waals surface area contributed by atoms with E-state index in [4.69, 9.17) is 9.47 Å². The van der Waals surface area contributed by atoms with Gasteiger partial charge < -0.3 is 14.8 Å². The molecule has 0 bridgehead atoms. The van der Waals surface area contributed by atoms with E-state index < -0.39 is 0 Å². The van der Waals surface area contributed by atoms with Crippen LogP contribution in [0.5, 0.6) is 11.5 Å². The zero-order chi connectivity index (χ0) is 17.5. The van der Waals surface area contributed by atoms with Crippen LogP contribution in [-0.4, -0.2) is 30.2 Å². The van der Waals surface area contributed by atoms with Crippen LogP contribution in [-0.2, 0) is 11.4 Å². The molecule has 1 heterocycles. The summed E-state index contributed by atoms with van der Waals surface area (Å²) in [6.07, 6.45) is 1.61. The number of thioether (sulfide) groups is 1. The molecule has 2 aromatic carbocycles. The Kier molecular flexibility index (Phi) is 5.69. The molecule has 6 nitrogen and oxygen atoms in total. The maximum atomic E-state index is 11.1. The van der Waals surface area contributed by atoms with Crippen molar-refractivity contribution in [1.29, 1.82) is 0 Å². The molecule has 1 aliphatic rings. The summed E-state index contributed by atoms with van der Waals surface area (Å²) in [5.41, 5.74) is 1.82. The van der Waals surface area contributed by atoms with Crippen molar-refractivity contribution >= 4 is 29.1 Å². The van der Waals surface area contributed by atoms with Crippen LogP contribution in [0.3, 0.4) is 0 Å². The van der Waals surface area contributed by atoms with Gasteiger partial charge in [-0.3, -0.25) is 4.79 Å². The minimum Gasteiger partial charge on any atom is -0.497 e. The SMILES string of the molecule is COc1cccc(COc2ccccc2C=NN=C2NC(=O)CS2)c1. The quantitative estimate of drug-likeness (QED) is 0.639. The number of carbonyl (C=O) groups is 1. The van der Waals surface area contributed by atoms with Gasteiger partial charge in [0.1, 0.15) is 18.1 Å². The molecule has 7 heteroatoms. The number of rotatable bonds is 6. The average molecular weight is 355 g/mol. The number of benzene rings is 2. The van der Waals surface area contributed by atoms with Crippen LogP contribution in [0.1, 0.15) is 11.1 Å². The van der Waals surface area contributed by atoms with Crippen LogP contribution in [0, 0.1) is 0 Å². The maximum absolute atomic E-state index is 11.1. The Hall–Kier alpha value is -2.80. The molecule has 0 spiro atoms. The Balaban J connectivity index is 1.67. The fourth-order valence-electron chi connectivity index (χ4n) is 2.16. The molecule has 128 valence electrons. The van der Waals surface area contributed by atoms with Gasteiger partial charge in [0.15, 0.2) is 5.17 Å². The molecule has 1 saturated heterocycles. The first kappa shape index (κ1) is 17.0. The molecular formula is C18H17N3O3S. The molecular weight excluding hydrogens is 338 g/mol. The van der Waals surface area contributed by atoms with Crippen LogP contribution in [0.4, 0.5) is 0 Å². The standard InChI is InChI=1S/C18H17N3O3S/c1-23-15-7-4-5-13(9-15)11-24-16-8-3-2-6-14(16)10-19-21-18-20-17(22)12-25-18/h2-10H,11-12H2,1H3,(H,20,21,22). The highest BCUT2D eigenvalue weighted by molar-refractivity contribution is 8.15. The molecule has 0 radical (unpaired) electrons. The minimum absolute atomic E-state index is 0.0547. The number of amidine groups is 1. The zero-order valence-electron chi connectivity index (χ0n) is 13.6. The number of methoxy groups -OCH3 is 1. The lowest BCUT2D eigenvalue weighted by Gasteiger charge is -2.09. The highest BCUT2D eigenvalue weighted by Crippen LogP contribution is 2.19. The lowest BCUT2D eigenvalue weighted by molar-refractivity contribution is -0.116. The first-order chi connectivity index (χ1) is 12.2. The normalized spacial score (nSPS) is 15.6. The third kappa shape index (κ3) is 4.84. The van der Waals surface area contributed by atoms with E-state index in [9.17, 15) is 4.79 Å². The summed E-state index contributed by atoms with van der Waals surface area (Å²) < 4.78 is 11.1. The topological polar surface area (TPSA) is 72.3 Å². The van der Waals surface area contributed by atoms with Gasteiger partial charge >= 0.3 is 0 Å². The van der Waals surface area contributed by atoms with Crippen molar-refractivity contribution in [3.05, 3.63) is 59.7 Å². The highest BCUT2D eigenvalue weighted by Gasteiger charge is 2.15. The first-order valence-electron chi connectivity index (χ1n) is 7.63. The van der Waals surface area contributed by atoms with E-state index in [2.05, 4.69) is 15.5 Å². The molecule has 2 aromatic rings. The van der Waals surface area contributed by atoms with Crippen LogP contribution in [0.2, 0.25) is 0 Å². The predicted octanol–water partition coefficient (Wildman–Crippen LogP) is 2.83. The summed E-state index contributed by atoms with van der Waals surface area (Å²) in [5, 5.41) is 11.2. The van der Waals surface area contributed by atoms with E-state index in [1.807, 2.05) is 48.5 Å². The van der Waals surface area contributed by atoms with Crippen LogP contribution >= 0.6 is 11.8 Å². The van der Waals surface area contributed by atoms with E-state index >= 15 is 0 Å². The molecule has 3 rings (SSSR count). The summed E-state index contributed by atoms with van der Waals surface area (Å²) in [6.45, 7) is 0.419. The average Bonchev–Trinajstić information content (AvgIpc) is 3.06. The van der Waals surface area contributed by atoms with E-state index in [-0.39, 0.29) is 5.91 Å². The smallest absolute Gasteiger partial charge is 0.236 e. The number of nitrogens with one attached hydrogen (secondary N) is 1. The summed E-state index contributed by atoms with van der Waals surface area (Å²) in [6, 6.07) is 15.3. The Morgan fingerprint density at radius 2 is 2.12 bits per heavy atom. The Labute approximate surface area is 149 Å². The summed E-state index contributed by atoms with van der Waals surface area (Å²) in [4.78, 5) is 11.1. The summed E-state index contributed by atoms with van der Waals surface area (Å²) in [7, 11) is 1.64. The number of ether oxygens (including phenoxy) is 2. The summed E-state index contributed by atoms with van der Waals surface area (Å²) >= 11 is 1.33. The van der Waals surface area contributed by atoms with E-state index in [1.165, 1.54) is 11.8 Å². The van der Waals surface area contributed by atoms with Gasteiger partial charge in [0, 0.05) is 5.56 Å². The van der Waals surface area contributed by atoms with E-state index in [0.29, 0.717) is 23.3 Å². The minimum atomic E-state index is -0.0547. The van der Waals surface area contributed by atoms with Crippen LogP contribution in [0.25, 0.3) is 0 Å². The fourth-order valence-corrected chi connectivity index (χ4v) is 2.80. The van der Waals surface area contributed by atoms with Gasteiger partial charge in [-0.2, -0.15) is 5.10 Å². The van der Waals surface area contributed by atoms with Gasteiger partial charge in [0.2, 0.25) is 5.91 Å². The van der Waals surface area contributed by atoms with Crippen molar-refractivity contribution in [2.24, 2.45) is 10.2 Å². The van der Waals surface area contributed by atoms with Crippen LogP contribution in [0.15, 0.2) is 58.7 Å². The molecule has 0 unspecified atom stereocenters. The van der Waals surface area contributed by atoms with E-state index in [0.717, 1.165) is 16.9 Å². The van der Waals surface area contributed by atoms with Gasteiger partial charge in [-0.1, -0.05) is 36.0 Å². The van der Waals surface area contributed by atoms with Crippen molar-refractivity contribution in [2.75, 3.05) is 12.9 Å². The van der Waals surface area contributed by atoms with Crippen molar-refractivity contribution in [2.45, 2.75) is 6.61 Å². The second-order valence-electron chi connectivity index (χ2n) is 5.16. The van der Waals surface area contributed by atoms with Gasteiger partial charge in [0.05, 0.1) is 19.1 Å². The Morgan fingerprint density at radius 1 is 1.24 bits per heavy atom. The summed E-state index contributed by atoms with van der Waals surface area (Å²) in [5.74, 6) is 1.83. The van der Waals surface area contributed by atoms with Gasteiger partial charge in [-0.15, -0.1) is 5.10 Å². The molecule has 0 atom stereocenters. The Bertz CT molecular complexity index is 821. The lowest BCUT2D eigenvalue weighted by Crippen LogP contribution is -2.19. The molecule has 0 saturated carbocycles. The number of hydrogen-bond donors (Lipinski definition) is 1. The highest BCUT2D eigenvalue weighted by atomic mass is 32.2. The molecule has 0 aromatic heterocycles. The number of amides is 1. The molecule has 25 heavy (non-hydrogen) atoms. The monoisotopic (exact) mass is 355 g/mol. The predicted molar refractivity (Wildman–Crippen MR) is 99.4 cm³/mol. The number of hydrogen-bond acceptors (Lipinski definition) is 6. The second-order valence-corrected chi connectivity index (χ2v) is 6.13. The second kappa shape index (κ2) is 8.34. The van der Waals surface area contributed by atoms with Gasteiger partial charge in [0.25, 0.3) is 0 Å². The van der Waals surface area contributed by atoms with Crippen LogP contribution < -0.4 is 14.8 Å². The molecule has 1 N–H and O–H groups in total. The number of para-hydroxylation sites is 1. The molecule has 0 aliphatic carbocycles. The molecule has 1 amide bonds. The molecule has 1 aliphatic heterocycles. The first-order valence-corrected chi connectivity index (χ1v) is 8.61. The lowest BCUT2D eigenvalue weighted by atomic mass is 10.2. The Morgan fingerprint density at radius 3 is 2.92 bits per heavy atom. The zero-order valence-corrected chi connectivity index (χ0v) is 14.5. The third-order valence-corrected chi connectivity index (χ3v) is 4.24. The fraction of sp³-hybridized carbons (Fsp3) is 0.167. The van der Waals surface area contributed by atoms with Crippen molar-refractivity contribution < 1.29 is 14.3 Å². The van der Waals surface area contributed by atoms with Crippen molar-refractivity contribution in [3.63, 3.8) is 0 Å². The largest absolute Gasteiger partial charge is 0.497 e.